The maximum atomic E-state index is 2.52. The van der Waals surface area contributed by atoms with E-state index in [0.717, 1.165) is 0 Å². The Morgan fingerprint density at radius 1 is 0.435 bits per heavy atom. The van der Waals surface area contributed by atoms with Crippen LogP contribution in [0.1, 0.15) is 96.8 Å². The van der Waals surface area contributed by atoms with Crippen molar-refractivity contribution in [2.45, 2.75) is 96.8 Å². The molecule has 0 saturated carbocycles. The summed E-state index contributed by atoms with van der Waals surface area (Å²) in [4.78, 5) is 0. The lowest BCUT2D eigenvalue weighted by Crippen LogP contribution is -1.93. The number of rotatable bonds is 18. The Balaban J connectivity index is 3.07. The maximum absolute atomic E-state index is 2.52. The highest BCUT2D eigenvalue weighted by atomic mass is 31.1. The van der Waals surface area contributed by atoms with Gasteiger partial charge in [-0.15, -0.1) is 15.8 Å². The monoisotopic (exact) mass is 360 g/mol. The van der Waals surface area contributed by atoms with Crippen molar-refractivity contribution >= 4 is 15.8 Å². The van der Waals surface area contributed by atoms with Gasteiger partial charge in [-0.2, -0.15) is 0 Å². The summed E-state index contributed by atoms with van der Waals surface area (Å²) in [5.41, 5.74) is 0. The molecule has 0 aromatic carbocycles. The lowest BCUT2D eigenvalue weighted by atomic mass is 10.0. The third-order valence-electron chi connectivity index (χ3n) is 4.82. The second-order valence-electron chi connectivity index (χ2n) is 7.70. The van der Waals surface area contributed by atoms with Crippen LogP contribution in [0.2, 0.25) is 0 Å². The summed E-state index contributed by atoms with van der Waals surface area (Å²) in [6.07, 6.45) is 25.3. The van der Waals surface area contributed by atoms with Crippen LogP contribution in [0.15, 0.2) is 0 Å². The normalized spacial score (nSPS) is 12.9. The van der Waals surface area contributed by atoms with E-state index < -0.39 is 0 Å². The highest BCUT2D eigenvalue weighted by Gasteiger charge is 2.02. The predicted octanol–water partition coefficient (Wildman–Crippen LogP) is 8.32. The summed E-state index contributed by atoms with van der Waals surface area (Å²) in [6, 6.07) is 0. The Labute approximate surface area is 151 Å². The van der Waals surface area contributed by atoms with E-state index in [4.69, 9.17) is 0 Å². The molecule has 0 spiro atoms. The van der Waals surface area contributed by atoms with E-state index >= 15 is 0 Å². The number of hydrogen-bond donors (Lipinski definition) is 0. The molecule has 0 nitrogen and oxygen atoms in total. The van der Waals surface area contributed by atoms with Gasteiger partial charge in [0.05, 0.1) is 0 Å². The van der Waals surface area contributed by atoms with Crippen LogP contribution < -0.4 is 0 Å². The van der Waals surface area contributed by atoms with Crippen LogP contribution in [-0.4, -0.2) is 38.5 Å². The standard InChI is InChI=1S/C21H46P2/c1-5-6-7-8-9-10-11-12-13-14-15-16-17-18-19-23(4)21-20-22(2)3/h5-21H2,1-4H3. The zero-order chi connectivity index (χ0) is 17.2. The zero-order valence-electron chi connectivity index (χ0n) is 16.9. The van der Waals surface area contributed by atoms with Crippen LogP contribution in [0, 0.1) is 0 Å². The van der Waals surface area contributed by atoms with Crippen molar-refractivity contribution in [1.29, 1.82) is 0 Å². The van der Waals surface area contributed by atoms with E-state index in [9.17, 15) is 0 Å². The van der Waals surface area contributed by atoms with Crippen molar-refractivity contribution in [2.75, 3.05) is 38.5 Å². The summed E-state index contributed by atoms with van der Waals surface area (Å²) in [6.45, 7) is 9.67. The van der Waals surface area contributed by atoms with Gasteiger partial charge in [0.25, 0.3) is 0 Å². The van der Waals surface area contributed by atoms with Crippen molar-refractivity contribution in [2.24, 2.45) is 0 Å². The molecule has 140 valence electrons. The second kappa shape index (κ2) is 19.2. The molecule has 0 fully saturated rings. The topological polar surface area (TPSA) is 0 Å². The van der Waals surface area contributed by atoms with Crippen molar-refractivity contribution in [3.8, 4) is 0 Å². The molecule has 0 amide bonds. The third kappa shape index (κ3) is 20.8. The smallest absolute Gasteiger partial charge is 0.0289 e. The summed E-state index contributed by atoms with van der Waals surface area (Å²) in [7, 11) is 0.708. The van der Waals surface area contributed by atoms with Gasteiger partial charge in [-0.1, -0.05) is 90.4 Å². The summed E-state index contributed by atoms with van der Waals surface area (Å²) in [5, 5.41) is 0. The average Bonchev–Trinajstić information content (AvgIpc) is 2.53. The summed E-state index contributed by atoms with van der Waals surface area (Å²) in [5.74, 6) is 0. The van der Waals surface area contributed by atoms with Crippen LogP contribution in [0.3, 0.4) is 0 Å². The van der Waals surface area contributed by atoms with Crippen LogP contribution in [-0.2, 0) is 0 Å². The minimum atomic E-state index is 0.346. The predicted molar refractivity (Wildman–Crippen MR) is 117 cm³/mol. The van der Waals surface area contributed by atoms with Gasteiger partial charge >= 0.3 is 0 Å². The molecule has 0 saturated heterocycles. The first-order chi connectivity index (χ1) is 11.2. The minimum Gasteiger partial charge on any atom is -0.113 e. The van der Waals surface area contributed by atoms with E-state index in [-0.39, 0.29) is 0 Å². The third-order valence-corrected chi connectivity index (χ3v) is 8.36. The molecule has 0 aromatic heterocycles. The summed E-state index contributed by atoms with van der Waals surface area (Å²) >= 11 is 0. The minimum absolute atomic E-state index is 0.346. The molecule has 0 heterocycles. The average molecular weight is 361 g/mol. The number of hydrogen-bond acceptors (Lipinski definition) is 0. The Morgan fingerprint density at radius 3 is 1.22 bits per heavy atom. The Bertz CT molecular complexity index is 216. The molecular weight excluding hydrogens is 314 g/mol. The van der Waals surface area contributed by atoms with E-state index in [1.54, 1.807) is 0 Å². The van der Waals surface area contributed by atoms with Crippen molar-refractivity contribution in [1.82, 2.24) is 0 Å². The van der Waals surface area contributed by atoms with E-state index in [0.29, 0.717) is 15.8 Å². The largest absolute Gasteiger partial charge is 0.113 e. The highest BCUT2D eigenvalue weighted by molar-refractivity contribution is 7.60. The van der Waals surface area contributed by atoms with Crippen molar-refractivity contribution in [3.05, 3.63) is 0 Å². The van der Waals surface area contributed by atoms with Crippen LogP contribution in [0.25, 0.3) is 0 Å². The molecule has 0 aliphatic rings. The number of unbranched alkanes of at least 4 members (excludes halogenated alkanes) is 13. The van der Waals surface area contributed by atoms with Crippen LogP contribution in [0.5, 0.6) is 0 Å². The first kappa shape index (κ1) is 23.9. The quantitative estimate of drug-likeness (QED) is 0.170. The Morgan fingerprint density at radius 2 is 0.826 bits per heavy atom. The zero-order valence-corrected chi connectivity index (χ0v) is 18.7. The molecular formula is C21H46P2. The van der Waals surface area contributed by atoms with Crippen LogP contribution in [0.4, 0.5) is 0 Å². The lowest BCUT2D eigenvalue weighted by Gasteiger charge is -2.13. The van der Waals surface area contributed by atoms with E-state index in [2.05, 4.69) is 26.9 Å². The Kier molecular flexibility index (Phi) is 19.9. The fourth-order valence-electron chi connectivity index (χ4n) is 3.06. The molecule has 0 aliphatic carbocycles. The van der Waals surface area contributed by atoms with Gasteiger partial charge in [-0.3, -0.25) is 0 Å². The van der Waals surface area contributed by atoms with E-state index in [1.165, 1.54) is 108 Å². The lowest BCUT2D eigenvalue weighted by molar-refractivity contribution is 0.538. The first-order valence-corrected chi connectivity index (χ1v) is 15.1. The molecule has 1 atom stereocenters. The molecule has 0 rings (SSSR count). The Hall–Kier alpha value is 0.860. The van der Waals surface area contributed by atoms with Crippen molar-refractivity contribution < 1.29 is 0 Å². The first-order valence-electron chi connectivity index (χ1n) is 10.5. The SMILES string of the molecule is CCCCCCCCCCCCCCCCP(C)CCP(C)C. The molecule has 1 unspecified atom stereocenters. The van der Waals surface area contributed by atoms with Gasteiger partial charge in [-0.05, 0) is 44.9 Å². The highest BCUT2D eigenvalue weighted by Crippen LogP contribution is 2.36. The second-order valence-corrected chi connectivity index (χ2v) is 12.9. The summed E-state index contributed by atoms with van der Waals surface area (Å²) < 4.78 is 0. The van der Waals surface area contributed by atoms with Gasteiger partial charge in [-0.25, -0.2) is 0 Å². The van der Waals surface area contributed by atoms with Crippen LogP contribution >= 0.6 is 15.8 Å². The molecule has 23 heavy (non-hydrogen) atoms. The molecule has 0 N–H and O–H groups in total. The molecule has 2 heteroatoms. The van der Waals surface area contributed by atoms with Gasteiger partial charge in [0.2, 0.25) is 0 Å². The van der Waals surface area contributed by atoms with Gasteiger partial charge in [0, 0.05) is 0 Å². The van der Waals surface area contributed by atoms with Gasteiger partial charge in [0.15, 0.2) is 0 Å². The van der Waals surface area contributed by atoms with Gasteiger partial charge < -0.3 is 0 Å². The fraction of sp³-hybridized carbons (Fsp3) is 1.00. The van der Waals surface area contributed by atoms with Crippen molar-refractivity contribution in [3.63, 3.8) is 0 Å². The molecule has 0 radical (unpaired) electrons. The fourth-order valence-corrected chi connectivity index (χ4v) is 7.01. The van der Waals surface area contributed by atoms with Gasteiger partial charge in [0.1, 0.15) is 0 Å². The maximum Gasteiger partial charge on any atom is -0.0289 e. The molecule has 0 aromatic rings. The van der Waals surface area contributed by atoms with E-state index in [1.807, 2.05) is 0 Å². The molecule has 0 aliphatic heterocycles. The molecule has 0 bridgehead atoms.